The molecule has 1 aliphatic heterocycles. The third kappa shape index (κ3) is 2.74. The molecule has 29 heavy (non-hydrogen) atoms. The van der Waals surface area contributed by atoms with Crippen LogP contribution in [0.15, 0.2) is 52.0 Å². The summed E-state index contributed by atoms with van der Waals surface area (Å²) in [7, 11) is 1.82. The summed E-state index contributed by atoms with van der Waals surface area (Å²) >= 11 is 0. The normalized spacial score (nSPS) is 15.5. The van der Waals surface area contributed by atoms with Crippen molar-refractivity contribution in [3.8, 4) is 5.88 Å². The van der Waals surface area contributed by atoms with Crippen LogP contribution in [0.1, 0.15) is 11.9 Å². The summed E-state index contributed by atoms with van der Waals surface area (Å²) < 4.78 is 14.1. The molecule has 0 radical (unpaired) electrons. The van der Waals surface area contributed by atoms with Crippen molar-refractivity contribution < 1.29 is 9.15 Å². The van der Waals surface area contributed by atoms with Crippen molar-refractivity contribution in [2.24, 2.45) is 0 Å². The van der Waals surface area contributed by atoms with Crippen molar-refractivity contribution in [2.75, 3.05) is 24.0 Å². The molecule has 11 nitrogen and oxygen atoms in total. The summed E-state index contributed by atoms with van der Waals surface area (Å²) in [5, 5.41) is 13.5. The van der Waals surface area contributed by atoms with Gasteiger partial charge in [0.2, 0.25) is 11.5 Å². The fourth-order valence-corrected chi connectivity index (χ4v) is 3.46. The van der Waals surface area contributed by atoms with Gasteiger partial charge in [0.25, 0.3) is 0 Å². The maximum atomic E-state index is 12.5. The van der Waals surface area contributed by atoms with E-state index in [0.29, 0.717) is 28.6 Å². The second-order valence-corrected chi connectivity index (χ2v) is 6.53. The monoisotopic (exact) mass is 394 g/mol. The highest BCUT2D eigenvalue weighted by Gasteiger charge is 2.32. The fourth-order valence-electron chi connectivity index (χ4n) is 3.46. The lowest BCUT2D eigenvalue weighted by molar-refractivity contribution is 0.287. The number of anilines is 1. The van der Waals surface area contributed by atoms with Gasteiger partial charge < -0.3 is 19.5 Å². The fraction of sp³-hybridized carbons (Fsp3) is 0.222. The highest BCUT2D eigenvalue weighted by molar-refractivity contribution is 5.84. The number of furan rings is 1. The molecule has 11 heteroatoms. The molecule has 1 unspecified atom stereocenters. The van der Waals surface area contributed by atoms with Gasteiger partial charge in [-0.05, 0) is 18.2 Å². The molecule has 3 N–H and O–H groups in total. The minimum Gasteiger partial charge on any atom is -0.476 e. The molecule has 4 aromatic heterocycles. The van der Waals surface area contributed by atoms with E-state index in [9.17, 15) is 4.79 Å². The molecule has 0 fully saturated rings. The van der Waals surface area contributed by atoms with Crippen LogP contribution in [0.25, 0.3) is 11.2 Å². The average molecular weight is 394 g/mol. The first kappa shape index (κ1) is 17.1. The maximum Gasteiger partial charge on any atom is 0.327 e. The number of fused-ring (bicyclic) bond motifs is 3. The van der Waals surface area contributed by atoms with E-state index in [-0.39, 0.29) is 30.6 Å². The van der Waals surface area contributed by atoms with Crippen molar-refractivity contribution in [3.05, 3.63) is 64.7 Å². The van der Waals surface area contributed by atoms with E-state index in [2.05, 4.69) is 20.3 Å². The maximum absolute atomic E-state index is 12.5. The van der Waals surface area contributed by atoms with Crippen molar-refractivity contribution in [1.82, 2.24) is 24.2 Å². The van der Waals surface area contributed by atoms with Gasteiger partial charge in [-0.3, -0.25) is 15.0 Å². The van der Waals surface area contributed by atoms with Gasteiger partial charge in [0, 0.05) is 19.3 Å². The van der Waals surface area contributed by atoms with E-state index in [1.54, 1.807) is 40.3 Å². The van der Waals surface area contributed by atoms with Gasteiger partial charge in [0.05, 0.1) is 12.8 Å². The Morgan fingerprint density at radius 1 is 1.31 bits per heavy atom. The van der Waals surface area contributed by atoms with Gasteiger partial charge in [-0.1, -0.05) is 6.07 Å². The minimum absolute atomic E-state index is 0.00468. The standard InChI is InChI=1S/C18H18N8O3/c1-24-14(11-5-4-9-28-11)22-16-13-15(23-17(19)26(16)24)25(18(27)21-13)8-10-29-12-6-2-3-7-20-12/h2-7,9,14,19,22H,8,10H2,1H3,(H,21,27). The van der Waals surface area contributed by atoms with E-state index >= 15 is 0 Å². The number of hydrogen-bond acceptors (Lipinski definition) is 8. The Bertz CT molecular complexity index is 1270. The van der Waals surface area contributed by atoms with Crippen molar-refractivity contribution >= 4 is 17.0 Å². The number of ether oxygens (including phenoxy) is 1. The van der Waals surface area contributed by atoms with Crippen LogP contribution >= 0.6 is 0 Å². The third-order valence-electron chi connectivity index (χ3n) is 4.80. The van der Waals surface area contributed by atoms with Crippen molar-refractivity contribution in [2.45, 2.75) is 12.7 Å². The Balaban J connectivity index is 1.49. The zero-order valence-corrected chi connectivity index (χ0v) is 15.5. The zero-order valence-electron chi connectivity index (χ0n) is 15.5. The van der Waals surface area contributed by atoms with Crippen LogP contribution in [-0.2, 0) is 6.54 Å². The number of nitrogens with one attached hydrogen (secondary N) is 3. The Morgan fingerprint density at radius 3 is 2.97 bits per heavy atom. The van der Waals surface area contributed by atoms with E-state index < -0.39 is 0 Å². The topological polar surface area (TPSA) is 130 Å². The van der Waals surface area contributed by atoms with Gasteiger partial charge in [-0.15, -0.1) is 0 Å². The second kappa shape index (κ2) is 6.55. The number of H-pyrrole nitrogens is 1. The molecule has 148 valence electrons. The summed E-state index contributed by atoms with van der Waals surface area (Å²) in [5.74, 6) is 1.75. The average Bonchev–Trinajstić information content (AvgIpc) is 3.42. The van der Waals surface area contributed by atoms with E-state index in [0.717, 1.165) is 0 Å². The summed E-state index contributed by atoms with van der Waals surface area (Å²) in [5.41, 5.74) is 0.577. The van der Waals surface area contributed by atoms with Crippen LogP contribution < -0.4 is 26.4 Å². The molecule has 0 saturated carbocycles. The number of pyridine rings is 1. The lowest BCUT2D eigenvalue weighted by Crippen LogP contribution is -2.38. The van der Waals surface area contributed by atoms with Crippen molar-refractivity contribution in [1.29, 1.82) is 5.41 Å². The second-order valence-electron chi connectivity index (χ2n) is 6.53. The lowest BCUT2D eigenvalue weighted by Gasteiger charge is -2.20. The third-order valence-corrected chi connectivity index (χ3v) is 4.80. The Labute approximate surface area is 163 Å². The molecule has 5 heterocycles. The summed E-state index contributed by atoms with van der Waals surface area (Å²) in [6.07, 6.45) is 2.91. The Kier molecular flexibility index (Phi) is 3.86. The highest BCUT2D eigenvalue weighted by Crippen LogP contribution is 2.31. The van der Waals surface area contributed by atoms with Gasteiger partial charge >= 0.3 is 5.69 Å². The predicted octanol–water partition coefficient (Wildman–Crippen LogP) is 0.765. The van der Waals surface area contributed by atoms with Crippen LogP contribution in [0.4, 0.5) is 5.82 Å². The number of imidazole rings is 1. The highest BCUT2D eigenvalue weighted by atomic mass is 16.5. The lowest BCUT2D eigenvalue weighted by atomic mass is 10.3. The Morgan fingerprint density at radius 2 is 2.21 bits per heavy atom. The van der Waals surface area contributed by atoms with Crippen LogP contribution in [0.2, 0.25) is 0 Å². The number of hydrogen-bond donors (Lipinski definition) is 3. The van der Waals surface area contributed by atoms with Gasteiger partial charge in [-0.25, -0.2) is 14.5 Å². The number of aromatic nitrogens is 5. The molecular formula is C18H18N8O3. The largest absolute Gasteiger partial charge is 0.476 e. The quantitative estimate of drug-likeness (QED) is 0.456. The van der Waals surface area contributed by atoms with Crippen LogP contribution in [0.5, 0.6) is 5.88 Å². The van der Waals surface area contributed by atoms with E-state index in [4.69, 9.17) is 14.6 Å². The first-order valence-electron chi connectivity index (χ1n) is 9.00. The summed E-state index contributed by atoms with van der Waals surface area (Å²) in [6.45, 7) is 0.508. The molecule has 1 aliphatic rings. The number of nitrogens with zero attached hydrogens (tertiary/aromatic N) is 5. The molecular weight excluding hydrogens is 376 g/mol. The van der Waals surface area contributed by atoms with Gasteiger partial charge in [0.1, 0.15) is 17.9 Å². The smallest absolute Gasteiger partial charge is 0.327 e. The molecule has 0 saturated heterocycles. The summed E-state index contributed by atoms with van der Waals surface area (Å²) in [6, 6.07) is 9.02. The number of rotatable bonds is 5. The van der Waals surface area contributed by atoms with Crippen LogP contribution in [-0.4, -0.2) is 37.8 Å². The van der Waals surface area contributed by atoms with Gasteiger partial charge in [-0.2, -0.15) is 4.98 Å². The van der Waals surface area contributed by atoms with E-state index in [1.807, 2.05) is 19.2 Å². The Hall–Kier alpha value is -4.02. The predicted molar refractivity (Wildman–Crippen MR) is 103 cm³/mol. The molecule has 4 aromatic rings. The minimum atomic E-state index is -0.323. The molecule has 5 rings (SSSR count). The molecule has 0 aliphatic carbocycles. The molecule has 0 bridgehead atoms. The molecule has 1 atom stereocenters. The SMILES string of the molecule is CN1C(c2ccco2)Nc2c3[nH]c(=O)n(CCOc4ccccn4)c3nc(=N)n21. The van der Waals surface area contributed by atoms with Gasteiger partial charge in [0.15, 0.2) is 17.6 Å². The molecule has 0 aromatic carbocycles. The first-order chi connectivity index (χ1) is 14.1. The molecule has 0 spiro atoms. The number of aromatic amines is 1. The zero-order chi connectivity index (χ0) is 20.0. The molecule has 0 amide bonds. The van der Waals surface area contributed by atoms with Crippen molar-refractivity contribution in [3.63, 3.8) is 0 Å². The first-order valence-corrected chi connectivity index (χ1v) is 9.00. The van der Waals surface area contributed by atoms with Crippen LogP contribution in [0.3, 0.4) is 0 Å². The van der Waals surface area contributed by atoms with Crippen LogP contribution in [0, 0.1) is 5.41 Å². The summed E-state index contributed by atoms with van der Waals surface area (Å²) in [4.78, 5) is 23.8. The van der Waals surface area contributed by atoms with E-state index in [1.165, 1.54) is 4.57 Å².